The predicted octanol–water partition coefficient (Wildman–Crippen LogP) is 3.78. The van der Waals surface area contributed by atoms with Gasteiger partial charge in [-0.2, -0.15) is 11.8 Å². The second kappa shape index (κ2) is 5.88. The Bertz CT molecular complexity index is 495. The number of hydrogen-bond acceptors (Lipinski definition) is 3. The van der Waals surface area contributed by atoms with Crippen LogP contribution in [-0.2, 0) is 17.6 Å². The highest BCUT2D eigenvalue weighted by Crippen LogP contribution is 2.34. The van der Waals surface area contributed by atoms with Gasteiger partial charge in [-0.1, -0.05) is 22.4 Å². The van der Waals surface area contributed by atoms with Crippen molar-refractivity contribution in [1.82, 2.24) is 0 Å². The fraction of sp³-hybridized carbons (Fsp3) is 0.533. The zero-order valence-electron chi connectivity index (χ0n) is 10.8. The molecule has 0 aromatic heterocycles. The minimum absolute atomic E-state index is 0.199. The maximum absolute atomic E-state index is 12.4. The summed E-state index contributed by atoms with van der Waals surface area (Å²) in [6, 6.07) is 4.14. The molecule has 19 heavy (non-hydrogen) atoms. The number of ketones is 1. The Morgan fingerprint density at radius 2 is 2.32 bits per heavy atom. The van der Waals surface area contributed by atoms with E-state index in [2.05, 4.69) is 22.0 Å². The SMILES string of the molecule is O=C(Cc1cc(Br)cc2c1OCC2)C1CCCCS1. The van der Waals surface area contributed by atoms with E-state index in [1.807, 2.05) is 17.8 Å². The van der Waals surface area contributed by atoms with Gasteiger partial charge in [-0.15, -0.1) is 0 Å². The van der Waals surface area contributed by atoms with Crippen LogP contribution in [0.1, 0.15) is 30.4 Å². The summed E-state index contributed by atoms with van der Waals surface area (Å²) in [4.78, 5) is 12.4. The number of carbonyl (C=O) groups excluding carboxylic acids is 1. The van der Waals surface area contributed by atoms with Crippen molar-refractivity contribution < 1.29 is 9.53 Å². The summed E-state index contributed by atoms with van der Waals surface area (Å²) in [7, 11) is 0. The normalized spacial score (nSPS) is 21.8. The summed E-state index contributed by atoms with van der Waals surface area (Å²) >= 11 is 5.36. The van der Waals surface area contributed by atoms with Crippen molar-refractivity contribution in [1.29, 1.82) is 0 Å². The molecule has 0 spiro atoms. The van der Waals surface area contributed by atoms with Gasteiger partial charge in [0, 0.05) is 22.9 Å². The second-order valence-corrected chi connectivity index (χ2v) is 7.38. The molecule has 3 rings (SSSR count). The molecule has 0 bridgehead atoms. The van der Waals surface area contributed by atoms with Crippen LogP contribution in [0.25, 0.3) is 0 Å². The van der Waals surface area contributed by atoms with Crippen molar-refractivity contribution in [2.24, 2.45) is 0 Å². The second-order valence-electron chi connectivity index (χ2n) is 5.15. The average Bonchev–Trinajstić information content (AvgIpc) is 2.88. The fourth-order valence-electron chi connectivity index (χ4n) is 2.77. The number of Topliss-reactive ketones (excluding diaryl/α,β-unsaturated/α-hetero) is 1. The van der Waals surface area contributed by atoms with Crippen molar-refractivity contribution in [3.63, 3.8) is 0 Å². The Morgan fingerprint density at radius 3 is 3.11 bits per heavy atom. The van der Waals surface area contributed by atoms with Gasteiger partial charge in [0.05, 0.1) is 11.9 Å². The molecule has 0 N–H and O–H groups in total. The van der Waals surface area contributed by atoms with E-state index in [-0.39, 0.29) is 5.25 Å². The maximum Gasteiger partial charge on any atom is 0.150 e. The van der Waals surface area contributed by atoms with Crippen molar-refractivity contribution in [2.75, 3.05) is 12.4 Å². The Balaban J connectivity index is 1.77. The van der Waals surface area contributed by atoms with Gasteiger partial charge in [0.15, 0.2) is 0 Å². The van der Waals surface area contributed by atoms with Gasteiger partial charge in [-0.3, -0.25) is 4.79 Å². The number of thioether (sulfide) groups is 1. The topological polar surface area (TPSA) is 26.3 Å². The molecule has 1 unspecified atom stereocenters. The van der Waals surface area contributed by atoms with Crippen LogP contribution in [0.5, 0.6) is 5.75 Å². The molecule has 2 aliphatic heterocycles. The number of ether oxygens (including phenoxy) is 1. The van der Waals surface area contributed by atoms with Crippen LogP contribution in [0.15, 0.2) is 16.6 Å². The predicted molar refractivity (Wildman–Crippen MR) is 82.1 cm³/mol. The Labute approximate surface area is 126 Å². The maximum atomic E-state index is 12.4. The third-order valence-electron chi connectivity index (χ3n) is 3.73. The summed E-state index contributed by atoms with van der Waals surface area (Å²) in [6.07, 6.45) is 4.95. The van der Waals surface area contributed by atoms with Crippen LogP contribution in [-0.4, -0.2) is 23.4 Å². The Hall–Kier alpha value is -0.480. The lowest BCUT2D eigenvalue weighted by Gasteiger charge is -2.20. The molecule has 4 heteroatoms. The lowest BCUT2D eigenvalue weighted by molar-refractivity contribution is -0.118. The van der Waals surface area contributed by atoms with Crippen LogP contribution < -0.4 is 4.74 Å². The van der Waals surface area contributed by atoms with E-state index in [4.69, 9.17) is 4.74 Å². The van der Waals surface area contributed by atoms with Gasteiger partial charge in [0.25, 0.3) is 0 Å². The number of rotatable bonds is 3. The number of fused-ring (bicyclic) bond motifs is 1. The summed E-state index contributed by atoms with van der Waals surface area (Å²) in [5, 5.41) is 0.199. The number of benzene rings is 1. The molecule has 0 amide bonds. The molecule has 102 valence electrons. The molecule has 2 aliphatic rings. The first kappa shape index (κ1) is 13.5. The number of carbonyl (C=O) groups is 1. The molecular weight excluding hydrogens is 324 g/mol. The smallest absolute Gasteiger partial charge is 0.150 e. The van der Waals surface area contributed by atoms with E-state index < -0.39 is 0 Å². The molecule has 1 aromatic rings. The van der Waals surface area contributed by atoms with Gasteiger partial charge < -0.3 is 4.74 Å². The van der Waals surface area contributed by atoms with E-state index in [0.717, 1.165) is 41.0 Å². The average molecular weight is 341 g/mol. The summed E-state index contributed by atoms with van der Waals surface area (Å²) in [5.74, 6) is 2.45. The first-order valence-corrected chi connectivity index (χ1v) is 8.66. The summed E-state index contributed by atoms with van der Waals surface area (Å²) in [5.41, 5.74) is 2.28. The van der Waals surface area contributed by atoms with E-state index in [1.54, 1.807) is 0 Å². The molecular formula is C15H17BrO2S. The minimum Gasteiger partial charge on any atom is -0.493 e. The van der Waals surface area contributed by atoms with Crippen molar-refractivity contribution in [3.8, 4) is 5.75 Å². The third-order valence-corrected chi connectivity index (χ3v) is 5.61. The van der Waals surface area contributed by atoms with Crippen molar-refractivity contribution in [2.45, 2.75) is 37.4 Å². The van der Waals surface area contributed by atoms with Gasteiger partial charge in [0.1, 0.15) is 11.5 Å². The molecule has 2 heterocycles. The van der Waals surface area contributed by atoms with Gasteiger partial charge in [-0.25, -0.2) is 0 Å². The van der Waals surface area contributed by atoms with Gasteiger partial charge >= 0.3 is 0 Å². The quantitative estimate of drug-likeness (QED) is 0.837. The Kier molecular flexibility index (Phi) is 4.18. The fourth-order valence-corrected chi connectivity index (χ4v) is 4.58. The number of hydrogen-bond donors (Lipinski definition) is 0. The number of halogens is 1. The highest BCUT2D eigenvalue weighted by atomic mass is 79.9. The van der Waals surface area contributed by atoms with Crippen LogP contribution >= 0.6 is 27.7 Å². The van der Waals surface area contributed by atoms with Crippen molar-refractivity contribution in [3.05, 3.63) is 27.7 Å². The van der Waals surface area contributed by atoms with E-state index in [0.29, 0.717) is 12.2 Å². The van der Waals surface area contributed by atoms with Gasteiger partial charge in [-0.05, 0) is 36.3 Å². The molecule has 0 aliphatic carbocycles. The molecule has 1 fully saturated rings. The zero-order valence-corrected chi connectivity index (χ0v) is 13.2. The molecule has 1 aromatic carbocycles. The van der Waals surface area contributed by atoms with Crippen molar-refractivity contribution >= 4 is 33.5 Å². The first-order valence-electron chi connectivity index (χ1n) is 6.82. The summed E-state index contributed by atoms with van der Waals surface area (Å²) in [6.45, 7) is 0.741. The summed E-state index contributed by atoms with van der Waals surface area (Å²) < 4.78 is 6.74. The molecule has 2 nitrogen and oxygen atoms in total. The largest absolute Gasteiger partial charge is 0.493 e. The lowest BCUT2D eigenvalue weighted by Crippen LogP contribution is -2.22. The van der Waals surface area contributed by atoms with Crippen LogP contribution in [0.4, 0.5) is 0 Å². The van der Waals surface area contributed by atoms with E-state index in [9.17, 15) is 4.79 Å². The minimum atomic E-state index is 0.199. The third kappa shape index (κ3) is 3.00. The van der Waals surface area contributed by atoms with Gasteiger partial charge in [0.2, 0.25) is 0 Å². The Morgan fingerprint density at radius 1 is 1.42 bits per heavy atom. The molecule has 0 radical (unpaired) electrons. The highest BCUT2D eigenvalue weighted by molar-refractivity contribution is 9.10. The standard InChI is InChI=1S/C15H17BrO2S/c16-12-7-10-4-5-18-15(10)11(8-12)9-13(17)14-3-1-2-6-19-14/h7-8,14H,1-6,9H2. The highest BCUT2D eigenvalue weighted by Gasteiger charge is 2.25. The lowest BCUT2D eigenvalue weighted by atomic mass is 10.0. The van der Waals surface area contributed by atoms with Crippen LogP contribution in [0.3, 0.4) is 0 Å². The van der Waals surface area contributed by atoms with E-state index >= 15 is 0 Å². The first-order chi connectivity index (χ1) is 9.24. The molecule has 1 saturated heterocycles. The van der Waals surface area contributed by atoms with Crippen LogP contribution in [0, 0.1) is 0 Å². The monoisotopic (exact) mass is 340 g/mol. The van der Waals surface area contributed by atoms with Crippen LogP contribution in [0.2, 0.25) is 0 Å². The van der Waals surface area contributed by atoms with E-state index in [1.165, 1.54) is 18.4 Å². The molecule has 1 atom stereocenters. The molecule has 0 saturated carbocycles. The zero-order chi connectivity index (χ0) is 13.2.